The first-order chi connectivity index (χ1) is 11.4. The van der Waals surface area contributed by atoms with Crippen LogP contribution < -0.4 is 5.32 Å². The summed E-state index contributed by atoms with van der Waals surface area (Å²) in [6, 6.07) is 5.02. The highest BCUT2D eigenvalue weighted by Crippen LogP contribution is 2.31. The van der Waals surface area contributed by atoms with Crippen LogP contribution in [0, 0.1) is 0 Å². The van der Waals surface area contributed by atoms with Crippen LogP contribution in [0.3, 0.4) is 0 Å². The Balaban J connectivity index is 2.07. The summed E-state index contributed by atoms with van der Waals surface area (Å²) in [5, 5.41) is 11.7. The second kappa shape index (κ2) is 8.46. The zero-order valence-electron chi connectivity index (χ0n) is 13.2. The van der Waals surface area contributed by atoms with Crippen LogP contribution in [0.25, 0.3) is 0 Å². The van der Waals surface area contributed by atoms with Crippen LogP contribution in [0.2, 0.25) is 0 Å². The number of carboxylic acids is 1. The highest BCUT2D eigenvalue weighted by molar-refractivity contribution is 5.66. The molecule has 0 bridgehead atoms. The van der Waals surface area contributed by atoms with Gasteiger partial charge in [0.2, 0.25) is 0 Å². The maximum absolute atomic E-state index is 12.7. The van der Waals surface area contributed by atoms with Crippen LogP contribution >= 0.6 is 0 Å². The van der Waals surface area contributed by atoms with Crippen LogP contribution in [0.15, 0.2) is 24.3 Å². The maximum atomic E-state index is 12.7. The third kappa shape index (κ3) is 5.47. The first-order valence-electron chi connectivity index (χ1n) is 7.79. The molecule has 134 valence electrons. The second-order valence-electron chi connectivity index (χ2n) is 5.63. The largest absolute Gasteiger partial charge is 0.481 e. The molecular formula is C16H21F3N2O3. The van der Waals surface area contributed by atoms with Gasteiger partial charge < -0.3 is 15.2 Å². The fraction of sp³-hybridized carbons (Fsp3) is 0.562. The second-order valence-corrected chi connectivity index (χ2v) is 5.63. The van der Waals surface area contributed by atoms with E-state index >= 15 is 0 Å². The van der Waals surface area contributed by atoms with E-state index in [-0.39, 0.29) is 12.5 Å². The Kier molecular flexibility index (Phi) is 6.59. The zero-order chi connectivity index (χ0) is 17.6. The highest BCUT2D eigenvalue weighted by atomic mass is 19.4. The number of halogens is 3. The number of alkyl halides is 3. The van der Waals surface area contributed by atoms with E-state index in [1.54, 1.807) is 0 Å². The molecule has 8 heteroatoms. The van der Waals surface area contributed by atoms with E-state index in [1.807, 2.05) is 0 Å². The van der Waals surface area contributed by atoms with E-state index in [4.69, 9.17) is 9.84 Å². The fourth-order valence-electron chi connectivity index (χ4n) is 2.68. The number of morpholine rings is 1. The molecule has 2 N–H and O–H groups in total. The molecule has 24 heavy (non-hydrogen) atoms. The molecule has 0 radical (unpaired) electrons. The Bertz CT molecular complexity index is 528. The molecule has 5 nitrogen and oxygen atoms in total. The molecule has 0 saturated carbocycles. The van der Waals surface area contributed by atoms with E-state index < -0.39 is 17.7 Å². The van der Waals surface area contributed by atoms with Gasteiger partial charge in [-0.05, 0) is 17.7 Å². The molecule has 0 aliphatic carbocycles. The van der Waals surface area contributed by atoms with Crippen LogP contribution in [-0.2, 0) is 15.7 Å². The molecule has 1 unspecified atom stereocenters. The van der Waals surface area contributed by atoms with Crippen molar-refractivity contribution in [1.82, 2.24) is 10.2 Å². The number of carboxylic acid groups (broad SMARTS) is 1. The van der Waals surface area contributed by atoms with E-state index in [0.29, 0.717) is 39.4 Å². The summed E-state index contributed by atoms with van der Waals surface area (Å²) in [7, 11) is 0. The van der Waals surface area contributed by atoms with Crippen molar-refractivity contribution in [3.8, 4) is 0 Å². The van der Waals surface area contributed by atoms with Crippen molar-refractivity contribution in [2.45, 2.75) is 18.6 Å². The average Bonchev–Trinajstić information content (AvgIpc) is 2.55. The summed E-state index contributed by atoms with van der Waals surface area (Å²) in [6.45, 7) is 3.31. The molecule has 2 rings (SSSR count). The van der Waals surface area contributed by atoms with Gasteiger partial charge in [-0.15, -0.1) is 0 Å². The molecule has 1 heterocycles. The van der Waals surface area contributed by atoms with Crippen molar-refractivity contribution in [2.75, 3.05) is 39.4 Å². The van der Waals surface area contributed by atoms with Crippen molar-refractivity contribution >= 4 is 5.97 Å². The molecule has 1 aliphatic rings. The number of hydrogen-bond acceptors (Lipinski definition) is 4. The topological polar surface area (TPSA) is 61.8 Å². The molecule has 1 aromatic carbocycles. The number of ether oxygens (including phenoxy) is 1. The first-order valence-corrected chi connectivity index (χ1v) is 7.79. The first kappa shape index (κ1) is 18.7. The van der Waals surface area contributed by atoms with Gasteiger partial charge in [0.25, 0.3) is 0 Å². The normalized spacial score (nSPS) is 17.6. The van der Waals surface area contributed by atoms with Gasteiger partial charge in [0.1, 0.15) is 0 Å². The molecule has 1 aliphatic heterocycles. The third-order valence-corrected chi connectivity index (χ3v) is 3.96. The number of nitrogens with zero attached hydrogens (tertiary/aromatic N) is 1. The summed E-state index contributed by atoms with van der Waals surface area (Å²) in [5.74, 6) is -0.889. The molecule has 0 amide bonds. The van der Waals surface area contributed by atoms with Gasteiger partial charge in [-0.3, -0.25) is 9.69 Å². The zero-order valence-corrected chi connectivity index (χ0v) is 13.2. The van der Waals surface area contributed by atoms with Crippen molar-refractivity contribution in [1.29, 1.82) is 0 Å². The molecular weight excluding hydrogens is 325 g/mol. The Labute approximate surface area is 138 Å². The van der Waals surface area contributed by atoms with Crippen LogP contribution in [0.4, 0.5) is 13.2 Å². The van der Waals surface area contributed by atoms with Crippen molar-refractivity contribution in [3.05, 3.63) is 35.4 Å². The predicted octanol–water partition coefficient (Wildman–Crippen LogP) is 2.14. The Morgan fingerprint density at radius 1 is 1.25 bits per heavy atom. The number of carbonyl (C=O) groups is 1. The third-order valence-electron chi connectivity index (χ3n) is 3.96. The molecule has 1 fully saturated rings. The summed E-state index contributed by atoms with van der Waals surface area (Å²) >= 11 is 0. The van der Waals surface area contributed by atoms with E-state index in [0.717, 1.165) is 17.7 Å². The Morgan fingerprint density at radius 2 is 1.88 bits per heavy atom. The smallest absolute Gasteiger partial charge is 0.416 e. The number of hydrogen-bond donors (Lipinski definition) is 2. The summed E-state index contributed by atoms with van der Waals surface area (Å²) in [6.07, 6.45) is -4.35. The molecule has 0 aromatic heterocycles. The van der Waals surface area contributed by atoms with E-state index in [9.17, 15) is 18.0 Å². The summed E-state index contributed by atoms with van der Waals surface area (Å²) in [4.78, 5) is 12.7. The van der Waals surface area contributed by atoms with Gasteiger partial charge in [0, 0.05) is 32.2 Å². The summed E-state index contributed by atoms with van der Waals surface area (Å²) in [5.41, 5.74) is 0.0959. The number of aliphatic carboxylic acids is 1. The Hall–Kier alpha value is -1.64. The molecule has 1 atom stereocenters. The van der Waals surface area contributed by atoms with E-state index in [1.165, 1.54) is 12.1 Å². The molecule has 0 spiro atoms. The monoisotopic (exact) mass is 346 g/mol. The molecule has 1 saturated heterocycles. The van der Waals surface area contributed by atoms with Gasteiger partial charge in [-0.25, -0.2) is 0 Å². The maximum Gasteiger partial charge on any atom is 0.416 e. The lowest BCUT2D eigenvalue weighted by Crippen LogP contribution is -2.43. The van der Waals surface area contributed by atoms with Crippen LogP contribution in [-0.4, -0.2) is 55.4 Å². The highest BCUT2D eigenvalue weighted by Gasteiger charge is 2.31. The van der Waals surface area contributed by atoms with Crippen LogP contribution in [0.1, 0.15) is 23.6 Å². The minimum absolute atomic E-state index is 0.00282. The number of benzene rings is 1. The fourth-order valence-corrected chi connectivity index (χ4v) is 2.68. The van der Waals surface area contributed by atoms with Gasteiger partial charge in [-0.2, -0.15) is 13.2 Å². The quantitative estimate of drug-likeness (QED) is 0.741. The standard InChI is InChI=1S/C16H21F3N2O3/c17-16(18,19)13-3-1-12(2-4-13)14(11-20-6-5-15(22)23)21-7-9-24-10-8-21/h1-4,14,20H,5-11H2,(H,22,23). The van der Waals surface area contributed by atoms with Crippen molar-refractivity contribution in [3.63, 3.8) is 0 Å². The lowest BCUT2D eigenvalue weighted by molar-refractivity contribution is -0.138. The lowest BCUT2D eigenvalue weighted by atomic mass is 10.0. The lowest BCUT2D eigenvalue weighted by Gasteiger charge is -2.35. The number of rotatable bonds is 7. The van der Waals surface area contributed by atoms with E-state index in [2.05, 4.69) is 10.2 Å². The predicted molar refractivity (Wildman–Crippen MR) is 81.7 cm³/mol. The molecule has 1 aromatic rings. The van der Waals surface area contributed by atoms with Gasteiger partial charge in [0.05, 0.1) is 25.2 Å². The van der Waals surface area contributed by atoms with Crippen molar-refractivity contribution in [2.24, 2.45) is 0 Å². The van der Waals surface area contributed by atoms with Crippen molar-refractivity contribution < 1.29 is 27.8 Å². The van der Waals surface area contributed by atoms with Crippen LogP contribution in [0.5, 0.6) is 0 Å². The average molecular weight is 346 g/mol. The van der Waals surface area contributed by atoms with Gasteiger partial charge in [0.15, 0.2) is 0 Å². The SMILES string of the molecule is O=C(O)CCNCC(c1ccc(C(F)(F)F)cc1)N1CCOCC1. The van der Waals surface area contributed by atoms with Gasteiger partial charge in [-0.1, -0.05) is 12.1 Å². The number of nitrogens with one attached hydrogen (secondary N) is 1. The minimum Gasteiger partial charge on any atom is -0.481 e. The van der Waals surface area contributed by atoms with Gasteiger partial charge >= 0.3 is 12.1 Å². The minimum atomic E-state index is -4.35. The Morgan fingerprint density at radius 3 is 2.42 bits per heavy atom. The summed E-state index contributed by atoms with van der Waals surface area (Å²) < 4.78 is 43.4.